The standard InChI is InChI=1S/C14H15NO4S2/c1-9-4-3-5-11(8-9)10(2)15-21(18,19)12-6-7-20-13(12)14(16)17/h3-8,10,15H,1-2H3,(H,16,17)/t10-/m1/s1. The molecule has 1 atom stereocenters. The zero-order valence-corrected chi connectivity index (χ0v) is 13.2. The first-order chi connectivity index (χ1) is 9.81. The van der Waals surface area contributed by atoms with E-state index < -0.39 is 22.0 Å². The number of nitrogens with one attached hydrogen (secondary N) is 1. The molecular formula is C14H15NO4S2. The summed E-state index contributed by atoms with van der Waals surface area (Å²) in [5.41, 5.74) is 1.85. The van der Waals surface area contributed by atoms with Crippen LogP contribution in [0.2, 0.25) is 0 Å². The SMILES string of the molecule is Cc1cccc([C@@H](C)NS(=O)(=O)c2ccsc2C(=O)O)c1. The summed E-state index contributed by atoms with van der Waals surface area (Å²) in [6.07, 6.45) is 0. The van der Waals surface area contributed by atoms with Crippen molar-refractivity contribution in [3.05, 3.63) is 51.7 Å². The lowest BCUT2D eigenvalue weighted by Crippen LogP contribution is -2.27. The lowest BCUT2D eigenvalue weighted by molar-refractivity contribution is 0.0698. The molecule has 112 valence electrons. The molecule has 1 heterocycles. The van der Waals surface area contributed by atoms with Crippen LogP contribution in [-0.4, -0.2) is 19.5 Å². The fourth-order valence-electron chi connectivity index (χ4n) is 1.97. The molecule has 0 radical (unpaired) electrons. The maximum Gasteiger partial charge on any atom is 0.347 e. The summed E-state index contributed by atoms with van der Waals surface area (Å²) in [7, 11) is -3.87. The van der Waals surface area contributed by atoms with Crippen LogP contribution in [0.4, 0.5) is 0 Å². The molecule has 0 aliphatic carbocycles. The number of rotatable bonds is 5. The van der Waals surface area contributed by atoms with Gasteiger partial charge in [0, 0.05) is 6.04 Å². The maximum atomic E-state index is 12.3. The monoisotopic (exact) mass is 325 g/mol. The number of aryl methyl sites for hydroxylation is 1. The molecule has 2 rings (SSSR count). The second-order valence-corrected chi connectivity index (χ2v) is 7.27. The van der Waals surface area contributed by atoms with Crippen molar-refractivity contribution in [3.63, 3.8) is 0 Å². The first kappa shape index (κ1) is 15.7. The Labute approximate surface area is 127 Å². The Hall–Kier alpha value is -1.70. The Balaban J connectivity index is 2.29. The zero-order valence-electron chi connectivity index (χ0n) is 11.5. The Morgan fingerprint density at radius 2 is 2.05 bits per heavy atom. The number of carboxylic acid groups (broad SMARTS) is 1. The fourth-order valence-corrected chi connectivity index (χ4v) is 4.46. The third-order valence-electron chi connectivity index (χ3n) is 2.99. The van der Waals surface area contributed by atoms with Gasteiger partial charge in [-0.15, -0.1) is 11.3 Å². The molecule has 1 aromatic heterocycles. The average molecular weight is 325 g/mol. The van der Waals surface area contributed by atoms with Gasteiger partial charge in [0.15, 0.2) is 0 Å². The number of hydrogen-bond acceptors (Lipinski definition) is 4. The molecule has 0 aliphatic heterocycles. The van der Waals surface area contributed by atoms with Gasteiger partial charge in [0.25, 0.3) is 0 Å². The van der Waals surface area contributed by atoms with Gasteiger partial charge in [-0.25, -0.2) is 17.9 Å². The highest BCUT2D eigenvalue weighted by Crippen LogP contribution is 2.24. The summed E-state index contributed by atoms with van der Waals surface area (Å²) < 4.78 is 27.2. The van der Waals surface area contributed by atoms with E-state index >= 15 is 0 Å². The summed E-state index contributed by atoms with van der Waals surface area (Å²) in [4.78, 5) is 10.7. The molecule has 21 heavy (non-hydrogen) atoms. The van der Waals surface area contributed by atoms with Crippen LogP contribution in [0.1, 0.15) is 33.8 Å². The van der Waals surface area contributed by atoms with Gasteiger partial charge in [-0.1, -0.05) is 29.8 Å². The Morgan fingerprint density at radius 1 is 1.33 bits per heavy atom. The van der Waals surface area contributed by atoms with Crippen molar-refractivity contribution in [3.8, 4) is 0 Å². The number of aromatic carboxylic acids is 1. The zero-order chi connectivity index (χ0) is 15.6. The molecule has 0 fully saturated rings. The van der Waals surface area contributed by atoms with Crippen LogP contribution in [0.25, 0.3) is 0 Å². The average Bonchev–Trinajstić information content (AvgIpc) is 2.88. The molecule has 0 unspecified atom stereocenters. The minimum Gasteiger partial charge on any atom is -0.477 e. The minimum atomic E-state index is -3.87. The van der Waals surface area contributed by atoms with Gasteiger partial charge in [-0.05, 0) is 30.9 Å². The fraction of sp³-hybridized carbons (Fsp3) is 0.214. The normalized spacial score (nSPS) is 13.0. The third-order valence-corrected chi connectivity index (χ3v) is 5.60. The summed E-state index contributed by atoms with van der Waals surface area (Å²) in [6.45, 7) is 3.64. The predicted molar refractivity (Wildman–Crippen MR) is 81.2 cm³/mol. The molecule has 0 spiro atoms. The van der Waals surface area contributed by atoms with E-state index in [1.807, 2.05) is 31.2 Å². The second kappa shape index (κ2) is 5.97. The molecular weight excluding hydrogens is 310 g/mol. The predicted octanol–water partition coefficient (Wildman–Crippen LogP) is 2.79. The number of thiophene rings is 1. The maximum absolute atomic E-state index is 12.3. The van der Waals surface area contributed by atoms with Gasteiger partial charge < -0.3 is 5.11 Å². The third kappa shape index (κ3) is 3.49. The van der Waals surface area contributed by atoms with E-state index in [0.717, 1.165) is 22.5 Å². The van der Waals surface area contributed by atoms with Gasteiger partial charge in [-0.2, -0.15) is 0 Å². The van der Waals surface area contributed by atoms with E-state index in [1.165, 1.54) is 11.4 Å². The molecule has 0 bridgehead atoms. The van der Waals surface area contributed by atoms with E-state index in [-0.39, 0.29) is 9.77 Å². The van der Waals surface area contributed by atoms with Crippen LogP contribution in [0.5, 0.6) is 0 Å². The first-order valence-electron chi connectivity index (χ1n) is 6.21. The van der Waals surface area contributed by atoms with Gasteiger partial charge >= 0.3 is 5.97 Å². The van der Waals surface area contributed by atoms with Crippen molar-refractivity contribution in [2.24, 2.45) is 0 Å². The van der Waals surface area contributed by atoms with Crippen molar-refractivity contribution < 1.29 is 18.3 Å². The molecule has 7 heteroatoms. The molecule has 2 aromatic rings. The van der Waals surface area contributed by atoms with E-state index in [0.29, 0.717) is 0 Å². The molecule has 0 amide bonds. The lowest BCUT2D eigenvalue weighted by Gasteiger charge is -2.15. The van der Waals surface area contributed by atoms with Crippen molar-refractivity contribution in [1.29, 1.82) is 0 Å². The largest absolute Gasteiger partial charge is 0.477 e. The molecule has 5 nitrogen and oxygen atoms in total. The Kier molecular flexibility index (Phi) is 4.46. The van der Waals surface area contributed by atoms with Crippen LogP contribution in [0.15, 0.2) is 40.6 Å². The summed E-state index contributed by atoms with van der Waals surface area (Å²) >= 11 is 0.891. The minimum absolute atomic E-state index is 0.182. The molecule has 0 saturated heterocycles. The molecule has 0 saturated carbocycles. The Morgan fingerprint density at radius 3 is 2.67 bits per heavy atom. The number of sulfonamides is 1. The Bertz CT molecular complexity index is 765. The van der Waals surface area contributed by atoms with Gasteiger partial charge in [0.1, 0.15) is 9.77 Å². The highest BCUT2D eigenvalue weighted by molar-refractivity contribution is 7.89. The van der Waals surface area contributed by atoms with Crippen LogP contribution in [0.3, 0.4) is 0 Å². The van der Waals surface area contributed by atoms with Crippen LogP contribution in [0, 0.1) is 6.92 Å². The van der Waals surface area contributed by atoms with E-state index in [4.69, 9.17) is 5.11 Å². The van der Waals surface area contributed by atoms with E-state index in [2.05, 4.69) is 4.72 Å². The highest BCUT2D eigenvalue weighted by Gasteiger charge is 2.25. The van der Waals surface area contributed by atoms with Crippen LogP contribution in [-0.2, 0) is 10.0 Å². The second-order valence-electron chi connectivity index (χ2n) is 4.68. The topological polar surface area (TPSA) is 83.5 Å². The number of carboxylic acids is 1. The molecule has 2 N–H and O–H groups in total. The van der Waals surface area contributed by atoms with Crippen molar-refractivity contribution in [2.75, 3.05) is 0 Å². The number of benzene rings is 1. The van der Waals surface area contributed by atoms with Crippen LogP contribution >= 0.6 is 11.3 Å². The summed E-state index contributed by atoms with van der Waals surface area (Å²) in [5, 5.41) is 10.5. The first-order valence-corrected chi connectivity index (χ1v) is 8.57. The highest BCUT2D eigenvalue weighted by atomic mass is 32.2. The quantitative estimate of drug-likeness (QED) is 0.885. The van der Waals surface area contributed by atoms with E-state index in [9.17, 15) is 13.2 Å². The summed E-state index contributed by atoms with van der Waals surface area (Å²) in [5.74, 6) is -1.24. The van der Waals surface area contributed by atoms with E-state index in [1.54, 1.807) is 6.92 Å². The van der Waals surface area contributed by atoms with Crippen molar-refractivity contribution in [1.82, 2.24) is 4.72 Å². The van der Waals surface area contributed by atoms with Crippen molar-refractivity contribution in [2.45, 2.75) is 24.8 Å². The van der Waals surface area contributed by atoms with Crippen LogP contribution < -0.4 is 4.72 Å². The van der Waals surface area contributed by atoms with Gasteiger partial charge in [0.2, 0.25) is 10.0 Å². The lowest BCUT2D eigenvalue weighted by atomic mass is 10.1. The smallest absolute Gasteiger partial charge is 0.347 e. The van der Waals surface area contributed by atoms with Gasteiger partial charge in [0.05, 0.1) is 0 Å². The molecule has 1 aromatic carbocycles. The molecule has 0 aliphatic rings. The summed E-state index contributed by atoms with van der Waals surface area (Å²) in [6, 6.07) is 8.34. The van der Waals surface area contributed by atoms with Crippen molar-refractivity contribution >= 4 is 27.3 Å². The van der Waals surface area contributed by atoms with Gasteiger partial charge in [-0.3, -0.25) is 0 Å². The number of carbonyl (C=O) groups is 1. The number of hydrogen-bond donors (Lipinski definition) is 2.